The number of nitrogens with zero attached hydrogens (tertiary/aromatic N) is 1. The van der Waals surface area contributed by atoms with Crippen LogP contribution in [0.1, 0.15) is 17.3 Å². The summed E-state index contributed by atoms with van der Waals surface area (Å²) in [5, 5.41) is 2.50. The number of esters is 1. The van der Waals surface area contributed by atoms with Gasteiger partial charge in [-0.15, -0.1) is 0 Å². The number of hydrogen-bond acceptors (Lipinski definition) is 5. The van der Waals surface area contributed by atoms with Crippen molar-refractivity contribution in [1.29, 1.82) is 0 Å². The summed E-state index contributed by atoms with van der Waals surface area (Å²) in [5.41, 5.74) is 0.342. The van der Waals surface area contributed by atoms with Crippen LogP contribution in [0, 0.1) is 0 Å². The molecule has 1 rings (SSSR count). The summed E-state index contributed by atoms with van der Waals surface area (Å²) in [6.07, 6.45) is 1.43. The van der Waals surface area contributed by atoms with Gasteiger partial charge in [0.25, 0.3) is 5.91 Å². The highest BCUT2D eigenvalue weighted by Crippen LogP contribution is 2.08. The first-order valence-corrected chi connectivity index (χ1v) is 5.09. The van der Waals surface area contributed by atoms with Crippen molar-refractivity contribution in [3.8, 4) is 0 Å². The van der Waals surface area contributed by atoms with Gasteiger partial charge in [0.05, 0.1) is 12.2 Å². The third-order valence-corrected chi connectivity index (χ3v) is 1.81. The van der Waals surface area contributed by atoms with Crippen molar-refractivity contribution in [3.63, 3.8) is 0 Å². The first-order chi connectivity index (χ1) is 8.17. The van der Waals surface area contributed by atoms with Crippen molar-refractivity contribution in [3.05, 3.63) is 23.9 Å². The minimum atomic E-state index is -0.447. The molecule has 0 radical (unpaired) electrons. The molecule has 1 N–H and O–H groups in total. The Morgan fingerprint density at radius 3 is 2.88 bits per heavy atom. The predicted octanol–water partition coefficient (Wildman–Crippen LogP) is 0.843. The van der Waals surface area contributed by atoms with Crippen molar-refractivity contribution >= 4 is 17.7 Å². The molecule has 0 saturated carbocycles. The SMILES string of the molecule is CCOC(=O)c1ccnc(NC(=O)COC)c1. The molecule has 0 aliphatic carbocycles. The number of aromatic nitrogens is 1. The van der Waals surface area contributed by atoms with Crippen molar-refractivity contribution in [2.75, 3.05) is 25.6 Å². The van der Waals surface area contributed by atoms with Crippen LogP contribution in [0.5, 0.6) is 0 Å². The van der Waals surface area contributed by atoms with Gasteiger partial charge in [-0.25, -0.2) is 9.78 Å². The van der Waals surface area contributed by atoms with Gasteiger partial charge in [0.2, 0.25) is 0 Å². The lowest BCUT2D eigenvalue weighted by molar-refractivity contribution is -0.119. The fourth-order valence-corrected chi connectivity index (χ4v) is 1.15. The zero-order valence-electron chi connectivity index (χ0n) is 9.73. The molecule has 0 saturated heterocycles. The molecule has 0 aliphatic heterocycles. The molecule has 92 valence electrons. The predicted molar refractivity (Wildman–Crippen MR) is 60.7 cm³/mol. The number of carbonyl (C=O) groups is 2. The minimum Gasteiger partial charge on any atom is -0.462 e. The monoisotopic (exact) mass is 238 g/mol. The number of amides is 1. The van der Waals surface area contributed by atoms with Crippen molar-refractivity contribution < 1.29 is 19.1 Å². The summed E-state index contributed by atoms with van der Waals surface area (Å²) in [7, 11) is 1.42. The summed E-state index contributed by atoms with van der Waals surface area (Å²) in [4.78, 5) is 26.6. The minimum absolute atomic E-state index is 0.0642. The molecule has 0 bridgehead atoms. The van der Waals surface area contributed by atoms with Crippen LogP contribution in [-0.4, -0.2) is 37.2 Å². The van der Waals surface area contributed by atoms with Gasteiger partial charge in [-0.3, -0.25) is 4.79 Å². The maximum absolute atomic E-state index is 11.4. The Morgan fingerprint density at radius 1 is 1.47 bits per heavy atom. The smallest absolute Gasteiger partial charge is 0.338 e. The second-order valence-electron chi connectivity index (χ2n) is 3.13. The Bertz CT molecular complexity index is 406. The van der Waals surface area contributed by atoms with E-state index in [0.717, 1.165) is 0 Å². The first kappa shape index (κ1) is 13.1. The molecule has 17 heavy (non-hydrogen) atoms. The average Bonchev–Trinajstić information content (AvgIpc) is 2.30. The van der Waals surface area contributed by atoms with Crippen LogP contribution < -0.4 is 5.32 Å². The topological polar surface area (TPSA) is 77.5 Å². The van der Waals surface area contributed by atoms with E-state index in [1.54, 1.807) is 6.92 Å². The second-order valence-corrected chi connectivity index (χ2v) is 3.13. The van der Waals surface area contributed by atoms with Crippen LogP contribution >= 0.6 is 0 Å². The van der Waals surface area contributed by atoms with Crippen LogP contribution in [0.15, 0.2) is 18.3 Å². The highest BCUT2D eigenvalue weighted by molar-refractivity contribution is 5.94. The molecule has 0 aliphatic rings. The number of rotatable bonds is 5. The van der Waals surface area contributed by atoms with E-state index in [0.29, 0.717) is 12.2 Å². The van der Waals surface area contributed by atoms with Gasteiger partial charge in [0.15, 0.2) is 0 Å². The summed E-state index contributed by atoms with van der Waals surface area (Å²) < 4.78 is 9.49. The molecule has 1 heterocycles. The maximum Gasteiger partial charge on any atom is 0.338 e. The van der Waals surface area contributed by atoms with E-state index in [9.17, 15) is 9.59 Å². The number of carbonyl (C=O) groups excluding carboxylic acids is 2. The van der Waals surface area contributed by atoms with Crippen LogP contribution in [-0.2, 0) is 14.3 Å². The Kier molecular flexibility index (Phi) is 5.09. The number of hydrogen-bond donors (Lipinski definition) is 1. The fraction of sp³-hybridized carbons (Fsp3) is 0.364. The third-order valence-electron chi connectivity index (χ3n) is 1.81. The summed E-state index contributed by atoms with van der Waals surface area (Å²) in [5.74, 6) is -0.490. The van der Waals surface area contributed by atoms with Crippen molar-refractivity contribution in [2.45, 2.75) is 6.92 Å². The Hall–Kier alpha value is -1.95. The zero-order valence-corrected chi connectivity index (χ0v) is 9.73. The maximum atomic E-state index is 11.4. The fourth-order valence-electron chi connectivity index (χ4n) is 1.15. The quantitative estimate of drug-likeness (QED) is 0.769. The zero-order chi connectivity index (χ0) is 12.7. The van der Waals surface area contributed by atoms with Crippen molar-refractivity contribution in [2.24, 2.45) is 0 Å². The molecule has 6 nitrogen and oxygen atoms in total. The molecule has 0 atom stereocenters. The molecule has 0 fully saturated rings. The van der Waals surface area contributed by atoms with Crippen LogP contribution in [0.4, 0.5) is 5.82 Å². The molecular weight excluding hydrogens is 224 g/mol. The number of ether oxygens (including phenoxy) is 2. The summed E-state index contributed by atoms with van der Waals surface area (Å²) >= 11 is 0. The Balaban J connectivity index is 2.72. The highest BCUT2D eigenvalue weighted by Gasteiger charge is 2.09. The number of methoxy groups -OCH3 is 1. The van der Waals surface area contributed by atoms with Gasteiger partial charge >= 0.3 is 5.97 Å². The molecular formula is C11H14N2O4. The van der Waals surface area contributed by atoms with E-state index in [1.807, 2.05) is 0 Å². The molecule has 1 aromatic heterocycles. The Morgan fingerprint density at radius 2 is 2.24 bits per heavy atom. The van der Waals surface area contributed by atoms with Gasteiger partial charge < -0.3 is 14.8 Å². The van der Waals surface area contributed by atoms with Crippen LogP contribution in [0.25, 0.3) is 0 Å². The molecule has 0 spiro atoms. The van der Waals surface area contributed by atoms with Crippen LogP contribution in [0.2, 0.25) is 0 Å². The second kappa shape index (κ2) is 6.59. The van der Waals surface area contributed by atoms with Gasteiger partial charge in [0.1, 0.15) is 12.4 Å². The summed E-state index contributed by atoms with van der Waals surface area (Å²) in [6.45, 7) is 1.96. The van der Waals surface area contributed by atoms with E-state index in [4.69, 9.17) is 4.74 Å². The number of nitrogens with one attached hydrogen (secondary N) is 1. The first-order valence-electron chi connectivity index (χ1n) is 5.09. The normalized spacial score (nSPS) is 9.76. The summed E-state index contributed by atoms with van der Waals surface area (Å²) in [6, 6.07) is 2.97. The van der Waals surface area contributed by atoms with E-state index >= 15 is 0 Å². The molecule has 1 amide bonds. The molecule has 6 heteroatoms. The van der Waals surface area contributed by atoms with Gasteiger partial charge in [-0.1, -0.05) is 0 Å². The van der Waals surface area contributed by atoms with E-state index in [1.165, 1.54) is 25.4 Å². The lowest BCUT2D eigenvalue weighted by Gasteiger charge is -2.05. The molecule has 0 unspecified atom stereocenters. The number of anilines is 1. The molecule has 1 aromatic rings. The lowest BCUT2D eigenvalue weighted by atomic mass is 10.2. The van der Waals surface area contributed by atoms with Gasteiger partial charge in [0, 0.05) is 13.3 Å². The highest BCUT2D eigenvalue weighted by atomic mass is 16.5. The van der Waals surface area contributed by atoms with E-state index in [2.05, 4.69) is 15.0 Å². The third kappa shape index (κ3) is 4.20. The van der Waals surface area contributed by atoms with E-state index in [-0.39, 0.29) is 18.3 Å². The standard InChI is InChI=1S/C11H14N2O4/c1-3-17-11(15)8-4-5-12-9(6-8)13-10(14)7-16-2/h4-6H,3,7H2,1-2H3,(H,12,13,14). The average molecular weight is 238 g/mol. The van der Waals surface area contributed by atoms with Gasteiger partial charge in [-0.05, 0) is 19.1 Å². The largest absolute Gasteiger partial charge is 0.462 e. The van der Waals surface area contributed by atoms with E-state index < -0.39 is 5.97 Å². The Labute approximate surface area is 98.9 Å². The number of pyridine rings is 1. The van der Waals surface area contributed by atoms with Gasteiger partial charge in [-0.2, -0.15) is 0 Å². The van der Waals surface area contributed by atoms with Crippen LogP contribution in [0.3, 0.4) is 0 Å². The lowest BCUT2D eigenvalue weighted by Crippen LogP contribution is -2.18. The molecule has 0 aromatic carbocycles. The van der Waals surface area contributed by atoms with Crippen molar-refractivity contribution in [1.82, 2.24) is 4.98 Å².